The summed E-state index contributed by atoms with van der Waals surface area (Å²) in [5.41, 5.74) is 1.73. The van der Waals surface area contributed by atoms with Crippen molar-refractivity contribution in [2.24, 2.45) is 0 Å². The molecule has 0 heterocycles. The fourth-order valence-electron chi connectivity index (χ4n) is 1.49. The number of halogens is 1. The highest BCUT2D eigenvalue weighted by atomic mass is 35.5. The molecule has 1 aromatic carbocycles. The summed E-state index contributed by atoms with van der Waals surface area (Å²) in [5.74, 6) is 0. The number of carbonyl (C=O) groups is 1. The topological polar surface area (TPSA) is 41.6 Å². The number of urea groups is 1. The van der Waals surface area contributed by atoms with Crippen LogP contribution in [0.15, 0.2) is 18.2 Å². The molecular weight excluding hydrogens is 252 g/mol. The van der Waals surface area contributed by atoms with Crippen molar-refractivity contribution in [1.82, 2.24) is 4.90 Å². The summed E-state index contributed by atoms with van der Waals surface area (Å²) < 4.78 is 4.95. The molecule has 1 aromatic rings. The van der Waals surface area contributed by atoms with E-state index in [0.717, 1.165) is 17.7 Å². The second-order valence-electron chi connectivity index (χ2n) is 4.16. The molecule has 0 saturated carbocycles. The van der Waals surface area contributed by atoms with Crippen molar-refractivity contribution in [3.05, 3.63) is 28.8 Å². The number of nitrogens with zero attached hydrogens (tertiary/aromatic N) is 1. The first-order valence-electron chi connectivity index (χ1n) is 5.82. The van der Waals surface area contributed by atoms with Crippen molar-refractivity contribution in [2.45, 2.75) is 13.3 Å². The fourth-order valence-corrected chi connectivity index (χ4v) is 1.66. The second-order valence-corrected chi connectivity index (χ2v) is 4.59. The smallest absolute Gasteiger partial charge is 0.321 e. The molecule has 5 heteroatoms. The normalized spacial score (nSPS) is 10.2. The number of benzene rings is 1. The van der Waals surface area contributed by atoms with Gasteiger partial charge in [0.05, 0.1) is 0 Å². The molecule has 0 atom stereocenters. The predicted molar refractivity (Wildman–Crippen MR) is 74.3 cm³/mol. The minimum absolute atomic E-state index is 0.142. The average Bonchev–Trinajstić information content (AvgIpc) is 2.34. The number of aryl methyl sites for hydroxylation is 1. The first-order chi connectivity index (χ1) is 8.54. The average molecular weight is 271 g/mol. The summed E-state index contributed by atoms with van der Waals surface area (Å²) >= 11 is 5.90. The van der Waals surface area contributed by atoms with Crippen LogP contribution in [0, 0.1) is 6.92 Å². The van der Waals surface area contributed by atoms with E-state index in [-0.39, 0.29) is 6.03 Å². The van der Waals surface area contributed by atoms with E-state index in [1.807, 2.05) is 13.0 Å². The summed E-state index contributed by atoms with van der Waals surface area (Å²) in [4.78, 5) is 13.5. The van der Waals surface area contributed by atoms with Gasteiger partial charge in [-0.1, -0.05) is 17.7 Å². The molecule has 0 bridgehead atoms. The van der Waals surface area contributed by atoms with E-state index < -0.39 is 0 Å². The molecule has 0 aliphatic heterocycles. The zero-order valence-corrected chi connectivity index (χ0v) is 11.8. The number of amides is 2. The Labute approximate surface area is 113 Å². The van der Waals surface area contributed by atoms with Crippen LogP contribution in [-0.4, -0.2) is 38.2 Å². The van der Waals surface area contributed by atoms with E-state index in [9.17, 15) is 4.79 Å². The molecule has 0 saturated heterocycles. The third-order valence-electron chi connectivity index (χ3n) is 2.63. The van der Waals surface area contributed by atoms with Gasteiger partial charge in [-0.25, -0.2) is 4.79 Å². The molecular formula is C13H19ClN2O2. The quantitative estimate of drug-likeness (QED) is 0.835. The fraction of sp³-hybridized carbons (Fsp3) is 0.462. The standard InChI is InChI=1S/C13H19ClN2O2/c1-10-5-6-11(14)9-12(10)15-13(17)16(2)7-4-8-18-3/h5-6,9H,4,7-8H2,1-3H3,(H,15,17). The first-order valence-corrected chi connectivity index (χ1v) is 6.19. The van der Waals surface area contributed by atoms with Crippen LogP contribution in [0.2, 0.25) is 5.02 Å². The maximum Gasteiger partial charge on any atom is 0.321 e. The lowest BCUT2D eigenvalue weighted by atomic mass is 10.2. The van der Waals surface area contributed by atoms with Crippen molar-refractivity contribution in [2.75, 3.05) is 32.6 Å². The summed E-state index contributed by atoms with van der Waals surface area (Å²) in [5, 5.41) is 3.45. The zero-order chi connectivity index (χ0) is 13.5. The third kappa shape index (κ3) is 4.55. The van der Waals surface area contributed by atoms with Crippen molar-refractivity contribution in [3.8, 4) is 0 Å². The molecule has 0 spiro atoms. The Morgan fingerprint density at radius 3 is 2.89 bits per heavy atom. The predicted octanol–water partition coefficient (Wildman–Crippen LogP) is 3.15. The summed E-state index contributed by atoms with van der Waals surface area (Å²) in [6, 6.07) is 5.28. The minimum atomic E-state index is -0.142. The monoisotopic (exact) mass is 270 g/mol. The number of hydrogen-bond acceptors (Lipinski definition) is 2. The van der Waals surface area contributed by atoms with Crippen LogP contribution in [0.25, 0.3) is 0 Å². The van der Waals surface area contributed by atoms with E-state index in [2.05, 4.69) is 5.32 Å². The second kappa shape index (κ2) is 7.24. The van der Waals surface area contributed by atoms with Gasteiger partial charge in [-0.05, 0) is 31.0 Å². The Kier molecular flexibility index (Phi) is 5.95. The van der Waals surface area contributed by atoms with Gasteiger partial charge in [-0.3, -0.25) is 0 Å². The largest absolute Gasteiger partial charge is 0.385 e. The Bertz CT molecular complexity index is 410. The van der Waals surface area contributed by atoms with Gasteiger partial charge in [-0.2, -0.15) is 0 Å². The van der Waals surface area contributed by atoms with Crippen molar-refractivity contribution in [1.29, 1.82) is 0 Å². The molecule has 1 rings (SSSR count). The van der Waals surface area contributed by atoms with Gasteiger partial charge in [0.1, 0.15) is 0 Å². The maximum atomic E-state index is 11.9. The van der Waals surface area contributed by atoms with Crippen LogP contribution in [-0.2, 0) is 4.74 Å². The first kappa shape index (κ1) is 14.8. The Morgan fingerprint density at radius 1 is 1.50 bits per heavy atom. The van der Waals surface area contributed by atoms with Crippen LogP contribution < -0.4 is 5.32 Å². The molecule has 0 unspecified atom stereocenters. The Morgan fingerprint density at radius 2 is 2.22 bits per heavy atom. The number of ether oxygens (including phenoxy) is 1. The van der Waals surface area contributed by atoms with E-state index in [1.54, 1.807) is 31.2 Å². The van der Waals surface area contributed by atoms with Crippen LogP contribution in [0.3, 0.4) is 0 Å². The number of rotatable bonds is 5. The molecule has 0 radical (unpaired) electrons. The van der Waals surface area contributed by atoms with Gasteiger partial charge in [0.15, 0.2) is 0 Å². The Balaban J connectivity index is 2.55. The highest BCUT2D eigenvalue weighted by Gasteiger charge is 2.09. The van der Waals surface area contributed by atoms with Crippen molar-refractivity contribution < 1.29 is 9.53 Å². The van der Waals surface area contributed by atoms with E-state index in [0.29, 0.717) is 18.2 Å². The highest BCUT2D eigenvalue weighted by molar-refractivity contribution is 6.31. The molecule has 4 nitrogen and oxygen atoms in total. The number of hydrogen-bond donors (Lipinski definition) is 1. The van der Waals surface area contributed by atoms with Crippen LogP contribution in [0.4, 0.5) is 10.5 Å². The number of methoxy groups -OCH3 is 1. The number of carbonyl (C=O) groups excluding carboxylic acids is 1. The molecule has 0 aliphatic rings. The lowest BCUT2D eigenvalue weighted by Crippen LogP contribution is -2.32. The van der Waals surface area contributed by atoms with Gasteiger partial charge in [0.25, 0.3) is 0 Å². The molecule has 100 valence electrons. The number of nitrogens with one attached hydrogen (secondary N) is 1. The molecule has 0 aromatic heterocycles. The van der Waals surface area contributed by atoms with Gasteiger partial charge in [0.2, 0.25) is 0 Å². The van der Waals surface area contributed by atoms with Gasteiger partial charge in [-0.15, -0.1) is 0 Å². The molecule has 18 heavy (non-hydrogen) atoms. The van der Waals surface area contributed by atoms with Crippen molar-refractivity contribution in [3.63, 3.8) is 0 Å². The highest BCUT2D eigenvalue weighted by Crippen LogP contribution is 2.20. The van der Waals surface area contributed by atoms with E-state index in [4.69, 9.17) is 16.3 Å². The lowest BCUT2D eigenvalue weighted by molar-refractivity contribution is 0.179. The van der Waals surface area contributed by atoms with Gasteiger partial charge in [0, 0.05) is 38.0 Å². The summed E-state index contributed by atoms with van der Waals surface area (Å²) in [7, 11) is 3.40. The third-order valence-corrected chi connectivity index (χ3v) is 2.86. The molecule has 1 N–H and O–H groups in total. The molecule has 0 aliphatic carbocycles. The minimum Gasteiger partial charge on any atom is -0.385 e. The lowest BCUT2D eigenvalue weighted by Gasteiger charge is -2.18. The van der Waals surface area contributed by atoms with Crippen LogP contribution in [0.5, 0.6) is 0 Å². The summed E-state index contributed by atoms with van der Waals surface area (Å²) in [6.07, 6.45) is 0.814. The van der Waals surface area contributed by atoms with Gasteiger partial charge < -0.3 is 15.0 Å². The van der Waals surface area contributed by atoms with Gasteiger partial charge >= 0.3 is 6.03 Å². The molecule has 2 amide bonds. The maximum absolute atomic E-state index is 11.9. The van der Waals surface area contributed by atoms with Crippen LogP contribution in [0.1, 0.15) is 12.0 Å². The van der Waals surface area contributed by atoms with E-state index in [1.165, 1.54) is 0 Å². The zero-order valence-electron chi connectivity index (χ0n) is 11.0. The Hall–Kier alpha value is -1.26. The van der Waals surface area contributed by atoms with E-state index >= 15 is 0 Å². The molecule has 0 fully saturated rings. The number of anilines is 1. The van der Waals surface area contributed by atoms with Crippen molar-refractivity contribution >= 4 is 23.3 Å². The SMILES string of the molecule is COCCCN(C)C(=O)Nc1cc(Cl)ccc1C. The van der Waals surface area contributed by atoms with Crippen LogP contribution >= 0.6 is 11.6 Å². The summed E-state index contributed by atoms with van der Waals surface area (Å²) in [6.45, 7) is 3.23.